The lowest BCUT2D eigenvalue weighted by molar-refractivity contribution is -0.152. The highest BCUT2D eigenvalue weighted by molar-refractivity contribution is 5.96. The Morgan fingerprint density at radius 3 is 2.11 bits per heavy atom. The molecule has 0 rings (SSSR count). The molecule has 0 amide bonds. The van der Waals surface area contributed by atoms with Crippen LogP contribution in [0.3, 0.4) is 0 Å². The van der Waals surface area contributed by atoms with Crippen LogP contribution in [0.15, 0.2) is 23.3 Å². The van der Waals surface area contributed by atoms with Crippen LogP contribution in [0, 0.1) is 5.92 Å². The van der Waals surface area contributed by atoms with Gasteiger partial charge in [-0.05, 0) is 32.3 Å². The summed E-state index contributed by atoms with van der Waals surface area (Å²) in [5.41, 5.74) is 1.27. The number of carboxylic acid groups (broad SMARTS) is 2. The van der Waals surface area contributed by atoms with Gasteiger partial charge in [0.1, 0.15) is 0 Å². The van der Waals surface area contributed by atoms with Crippen LogP contribution in [0.4, 0.5) is 0 Å². The number of rotatable bonds is 9. The van der Waals surface area contributed by atoms with Gasteiger partial charge in [0.2, 0.25) is 0 Å². The summed E-state index contributed by atoms with van der Waals surface area (Å²) in [6.45, 7) is 5.57. The number of carbonyl (C=O) groups is 2. The molecule has 0 aliphatic carbocycles. The molecule has 0 saturated heterocycles. The van der Waals surface area contributed by atoms with Crippen molar-refractivity contribution in [1.82, 2.24) is 0 Å². The third kappa shape index (κ3) is 7.44. The standard InChI is InChI=1S/C15H24O4/c1-4-5-6-7-8-9-11(2)10-12(3)13(14(16)17)15(18)19/h9-10,13H,4-8H2,1-3H3,(H,16,17)(H,18,19). The van der Waals surface area contributed by atoms with E-state index in [1.807, 2.05) is 13.0 Å². The van der Waals surface area contributed by atoms with Crippen LogP contribution in [0.1, 0.15) is 52.9 Å². The molecule has 0 atom stereocenters. The molecule has 108 valence electrons. The van der Waals surface area contributed by atoms with Gasteiger partial charge in [-0.2, -0.15) is 0 Å². The van der Waals surface area contributed by atoms with E-state index in [4.69, 9.17) is 10.2 Å². The predicted octanol–water partition coefficient (Wildman–Crippen LogP) is 3.63. The van der Waals surface area contributed by atoms with Gasteiger partial charge in [0.25, 0.3) is 0 Å². The minimum absolute atomic E-state index is 0.349. The molecule has 0 aliphatic heterocycles. The second-order valence-electron chi connectivity index (χ2n) is 4.80. The molecule has 0 aromatic rings. The van der Waals surface area contributed by atoms with E-state index in [1.165, 1.54) is 19.3 Å². The Morgan fingerprint density at radius 2 is 1.63 bits per heavy atom. The third-order valence-corrected chi connectivity index (χ3v) is 2.93. The Morgan fingerprint density at radius 1 is 1.05 bits per heavy atom. The van der Waals surface area contributed by atoms with Gasteiger partial charge in [0.15, 0.2) is 5.92 Å². The van der Waals surface area contributed by atoms with Gasteiger partial charge in [-0.3, -0.25) is 9.59 Å². The average molecular weight is 268 g/mol. The first kappa shape index (κ1) is 17.4. The van der Waals surface area contributed by atoms with Gasteiger partial charge in [0.05, 0.1) is 0 Å². The molecule has 2 N–H and O–H groups in total. The number of hydrogen-bond donors (Lipinski definition) is 2. The van der Waals surface area contributed by atoms with Gasteiger partial charge < -0.3 is 10.2 Å². The largest absolute Gasteiger partial charge is 0.480 e. The van der Waals surface area contributed by atoms with Gasteiger partial charge >= 0.3 is 11.9 Å². The summed E-state index contributed by atoms with van der Waals surface area (Å²) in [6, 6.07) is 0. The minimum atomic E-state index is -1.46. The molecule has 0 aromatic heterocycles. The van der Waals surface area contributed by atoms with E-state index >= 15 is 0 Å². The Bertz CT molecular complexity index is 352. The smallest absolute Gasteiger partial charge is 0.322 e. The fraction of sp³-hybridized carbons (Fsp3) is 0.600. The van der Waals surface area contributed by atoms with Crippen molar-refractivity contribution in [3.63, 3.8) is 0 Å². The fourth-order valence-electron chi connectivity index (χ4n) is 1.90. The topological polar surface area (TPSA) is 74.6 Å². The number of hydrogen-bond acceptors (Lipinski definition) is 2. The van der Waals surface area contributed by atoms with Crippen molar-refractivity contribution in [3.05, 3.63) is 23.3 Å². The summed E-state index contributed by atoms with van der Waals surface area (Å²) in [6.07, 6.45) is 9.34. The van der Waals surface area contributed by atoms with E-state index in [0.29, 0.717) is 5.57 Å². The quantitative estimate of drug-likeness (QED) is 0.380. The molecule has 4 heteroatoms. The lowest BCUT2D eigenvalue weighted by atomic mass is 9.98. The van der Waals surface area contributed by atoms with Gasteiger partial charge in [-0.15, -0.1) is 0 Å². The molecule has 0 aliphatic rings. The van der Waals surface area contributed by atoms with E-state index in [-0.39, 0.29) is 0 Å². The lowest BCUT2D eigenvalue weighted by Gasteiger charge is -2.08. The Balaban J connectivity index is 4.51. The predicted molar refractivity (Wildman–Crippen MR) is 75.0 cm³/mol. The summed E-state index contributed by atoms with van der Waals surface area (Å²) in [5, 5.41) is 17.7. The molecule has 0 aromatic carbocycles. The normalized spacial score (nSPS) is 12.8. The van der Waals surface area contributed by atoms with Crippen LogP contribution >= 0.6 is 0 Å². The molecule has 0 unspecified atom stereocenters. The van der Waals surface area contributed by atoms with E-state index in [0.717, 1.165) is 18.4 Å². The summed E-state index contributed by atoms with van der Waals surface area (Å²) in [5.74, 6) is -4.10. The highest BCUT2D eigenvalue weighted by Crippen LogP contribution is 2.15. The first-order valence-electron chi connectivity index (χ1n) is 6.70. The van der Waals surface area contributed by atoms with Crippen LogP contribution in [0.2, 0.25) is 0 Å². The van der Waals surface area contributed by atoms with Crippen LogP contribution in [0.5, 0.6) is 0 Å². The molecule has 4 nitrogen and oxygen atoms in total. The van der Waals surface area contributed by atoms with Gasteiger partial charge in [-0.1, -0.05) is 43.9 Å². The molecule has 0 saturated carbocycles. The van der Waals surface area contributed by atoms with E-state index in [2.05, 4.69) is 6.92 Å². The Kier molecular flexibility index (Phi) is 8.58. The third-order valence-electron chi connectivity index (χ3n) is 2.93. The van der Waals surface area contributed by atoms with Gasteiger partial charge in [-0.25, -0.2) is 0 Å². The maximum atomic E-state index is 10.9. The van der Waals surface area contributed by atoms with E-state index in [1.54, 1.807) is 13.0 Å². The summed E-state index contributed by atoms with van der Waals surface area (Å²) in [7, 11) is 0. The first-order valence-corrected chi connectivity index (χ1v) is 6.70. The molecule has 0 bridgehead atoms. The zero-order valence-electron chi connectivity index (χ0n) is 12.0. The molecule has 0 heterocycles. The summed E-state index contributed by atoms with van der Waals surface area (Å²) < 4.78 is 0. The summed E-state index contributed by atoms with van der Waals surface area (Å²) in [4.78, 5) is 21.7. The second kappa shape index (κ2) is 9.36. The molecule has 0 spiro atoms. The molecule has 0 radical (unpaired) electrons. The molecule has 0 fully saturated rings. The number of allylic oxidation sites excluding steroid dienone is 3. The van der Waals surface area contributed by atoms with Crippen LogP contribution in [-0.2, 0) is 9.59 Å². The zero-order chi connectivity index (χ0) is 14.8. The van der Waals surface area contributed by atoms with Crippen LogP contribution in [0.25, 0.3) is 0 Å². The first-order chi connectivity index (χ1) is 8.90. The second-order valence-corrected chi connectivity index (χ2v) is 4.80. The fourth-order valence-corrected chi connectivity index (χ4v) is 1.90. The zero-order valence-corrected chi connectivity index (χ0v) is 12.0. The van der Waals surface area contributed by atoms with Crippen LogP contribution < -0.4 is 0 Å². The summed E-state index contributed by atoms with van der Waals surface area (Å²) >= 11 is 0. The SMILES string of the molecule is CCCCCCC=C(C)C=C(C)C(C(=O)O)C(=O)O. The lowest BCUT2D eigenvalue weighted by Crippen LogP contribution is -2.24. The van der Waals surface area contributed by atoms with Crippen molar-refractivity contribution in [2.75, 3.05) is 0 Å². The van der Waals surface area contributed by atoms with Crippen molar-refractivity contribution in [3.8, 4) is 0 Å². The van der Waals surface area contributed by atoms with Crippen molar-refractivity contribution < 1.29 is 19.8 Å². The number of aliphatic carboxylic acids is 2. The van der Waals surface area contributed by atoms with Crippen LogP contribution in [-0.4, -0.2) is 22.2 Å². The van der Waals surface area contributed by atoms with Gasteiger partial charge in [0, 0.05) is 0 Å². The Hall–Kier alpha value is -1.58. The number of unbranched alkanes of at least 4 members (excludes halogenated alkanes) is 4. The Labute approximate surface area is 114 Å². The van der Waals surface area contributed by atoms with Crippen molar-refractivity contribution in [1.29, 1.82) is 0 Å². The highest BCUT2D eigenvalue weighted by Gasteiger charge is 2.27. The highest BCUT2D eigenvalue weighted by atomic mass is 16.4. The van der Waals surface area contributed by atoms with E-state index < -0.39 is 17.9 Å². The van der Waals surface area contributed by atoms with E-state index in [9.17, 15) is 9.59 Å². The minimum Gasteiger partial charge on any atom is -0.480 e. The maximum absolute atomic E-state index is 10.9. The maximum Gasteiger partial charge on any atom is 0.322 e. The molecular weight excluding hydrogens is 244 g/mol. The molecule has 19 heavy (non-hydrogen) atoms. The van der Waals surface area contributed by atoms with Crippen molar-refractivity contribution in [2.24, 2.45) is 5.92 Å². The average Bonchev–Trinajstić information content (AvgIpc) is 2.27. The number of carboxylic acids is 2. The van der Waals surface area contributed by atoms with Crippen molar-refractivity contribution >= 4 is 11.9 Å². The monoisotopic (exact) mass is 268 g/mol. The molecular formula is C15H24O4. The van der Waals surface area contributed by atoms with Crippen molar-refractivity contribution in [2.45, 2.75) is 52.9 Å².